The van der Waals surface area contributed by atoms with E-state index in [1.165, 1.54) is 35.1 Å². The highest BCUT2D eigenvalue weighted by Crippen LogP contribution is 2.40. The molecule has 3 heterocycles. The van der Waals surface area contributed by atoms with E-state index in [2.05, 4.69) is 28.7 Å². The van der Waals surface area contributed by atoms with Crippen molar-refractivity contribution in [1.29, 1.82) is 0 Å². The zero-order chi connectivity index (χ0) is 16.7. The standard InChI is InChI=1S/C18H23N3OS2/c1-11-5-3-6-12(2)21(11)15(22)9-23-17-16-13-7-4-8-14(13)24-18(16)20-10-19-17/h10-12H,3-9H2,1-2H3/t11-,12-/m1/s1. The number of nitrogens with zero attached hydrogens (tertiary/aromatic N) is 3. The molecule has 0 unspecified atom stereocenters. The Kier molecular flexibility index (Phi) is 4.52. The topological polar surface area (TPSA) is 46.1 Å². The zero-order valence-electron chi connectivity index (χ0n) is 14.2. The monoisotopic (exact) mass is 361 g/mol. The Labute approximate surface area is 151 Å². The molecule has 1 amide bonds. The van der Waals surface area contributed by atoms with E-state index in [4.69, 9.17) is 0 Å². The molecule has 1 saturated heterocycles. The molecule has 1 aliphatic carbocycles. The average molecular weight is 362 g/mol. The Morgan fingerprint density at radius 1 is 1.25 bits per heavy atom. The smallest absolute Gasteiger partial charge is 0.233 e. The van der Waals surface area contributed by atoms with Gasteiger partial charge in [-0.3, -0.25) is 4.79 Å². The molecule has 24 heavy (non-hydrogen) atoms. The van der Waals surface area contributed by atoms with Gasteiger partial charge in [0.25, 0.3) is 0 Å². The van der Waals surface area contributed by atoms with Gasteiger partial charge in [0.1, 0.15) is 16.2 Å². The lowest BCUT2D eigenvalue weighted by molar-refractivity contribution is -0.134. The van der Waals surface area contributed by atoms with E-state index in [-0.39, 0.29) is 5.91 Å². The summed E-state index contributed by atoms with van der Waals surface area (Å²) in [7, 11) is 0. The third kappa shape index (κ3) is 2.84. The maximum atomic E-state index is 12.8. The number of likely N-dealkylation sites (tertiary alicyclic amines) is 1. The highest BCUT2D eigenvalue weighted by atomic mass is 32.2. The summed E-state index contributed by atoms with van der Waals surface area (Å²) in [5.74, 6) is 0.726. The zero-order valence-corrected chi connectivity index (χ0v) is 15.9. The molecule has 2 aromatic heterocycles. The molecule has 6 heteroatoms. The fourth-order valence-electron chi connectivity index (χ4n) is 4.13. The number of aromatic nitrogens is 2. The lowest BCUT2D eigenvalue weighted by Crippen LogP contribution is -2.48. The lowest BCUT2D eigenvalue weighted by Gasteiger charge is -2.39. The molecule has 0 radical (unpaired) electrons. The number of thioether (sulfide) groups is 1. The minimum Gasteiger partial charge on any atom is -0.337 e. The number of hydrogen-bond donors (Lipinski definition) is 0. The third-order valence-corrected chi connectivity index (χ3v) is 7.45. The summed E-state index contributed by atoms with van der Waals surface area (Å²) in [6.45, 7) is 4.35. The summed E-state index contributed by atoms with van der Waals surface area (Å²) in [6.07, 6.45) is 8.65. The molecular weight excluding hydrogens is 338 g/mol. The van der Waals surface area contributed by atoms with Crippen LogP contribution in [0.15, 0.2) is 11.4 Å². The first kappa shape index (κ1) is 16.3. The lowest BCUT2D eigenvalue weighted by atomic mass is 9.98. The minimum atomic E-state index is 0.248. The summed E-state index contributed by atoms with van der Waals surface area (Å²) in [5, 5.41) is 2.21. The Morgan fingerprint density at radius 3 is 2.83 bits per heavy atom. The van der Waals surface area contributed by atoms with Crippen LogP contribution < -0.4 is 0 Å². The van der Waals surface area contributed by atoms with Crippen molar-refractivity contribution in [3.63, 3.8) is 0 Å². The van der Waals surface area contributed by atoms with Crippen molar-refractivity contribution in [2.75, 3.05) is 5.75 Å². The first-order valence-electron chi connectivity index (χ1n) is 8.84. The van der Waals surface area contributed by atoms with Gasteiger partial charge in [-0.25, -0.2) is 9.97 Å². The summed E-state index contributed by atoms with van der Waals surface area (Å²) >= 11 is 3.39. The van der Waals surface area contributed by atoms with Crippen molar-refractivity contribution >= 4 is 39.2 Å². The molecule has 2 atom stereocenters. The predicted octanol–water partition coefficient (Wildman–Crippen LogP) is 4.06. The van der Waals surface area contributed by atoms with Crippen LogP contribution in [-0.4, -0.2) is 38.6 Å². The normalized spacial score (nSPS) is 23.7. The van der Waals surface area contributed by atoms with Crippen LogP contribution in [0.5, 0.6) is 0 Å². The Balaban J connectivity index is 1.54. The van der Waals surface area contributed by atoms with Crippen LogP contribution in [0.1, 0.15) is 50.0 Å². The molecular formula is C18H23N3OS2. The van der Waals surface area contributed by atoms with Crippen LogP contribution in [0.25, 0.3) is 10.2 Å². The van der Waals surface area contributed by atoms with E-state index >= 15 is 0 Å². The van der Waals surface area contributed by atoms with Gasteiger partial charge in [0.15, 0.2) is 0 Å². The van der Waals surface area contributed by atoms with Gasteiger partial charge in [-0.05, 0) is 57.9 Å². The van der Waals surface area contributed by atoms with Crippen LogP contribution in [0.3, 0.4) is 0 Å². The van der Waals surface area contributed by atoms with Gasteiger partial charge < -0.3 is 4.90 Å². The summed E-state index contributed by atoms with van der Waals surface area (Å²) in [6, 6.07) is 0.718. The fourth-order valence-corrected chi connectivity index (χ4v) is 6.32. The third-order valence-electron chi connectivity index (χ3n) is 5.28. The maximum absolute atomic E-state index is 12.8. The van der Waals surface area contributed by atoms with E-state index in [0.29, 0.717) is 17.8 Å². The first-order chi connectivity index (χ1) is 11.6. The number of fused-ring (bicyclic) bond motifs is 3. The number of thiophene rings is 1. The molecule has 0 aromatic carbocycles. The van der Waals surface area contributed by atoms with Gasteiger partial charge in [-0.1, -0.05) is 11.8 Å². The molecule has 1 aliphatic heterocycles. The van der Waals surface area contributed by atoms with Crippen molar-refractivity contribution in [2.24, 2.45) is 0 Å². The van der Waals surface area contributed by atoms with Crippen LogP contribution in [-0.2, 0) is 17.6 Å². The van der Waals surface area contributed by atoms with E-state index in [1.807, 2.05) is 0 Å². The SMILES string of the molecule is C[C@@H]1CCC[C@@H](C)N1C(=O)CSc1ncnc2sc3c(c12)CCC3. The number of piperidine rings is 1. The molecule has 0 bridgehead atoms. The molecule has 0 spiro atoms. The Hall–Kier alpha value is -1.14. The van der Waals surface area contributed by atoms with Gasteiger partial charge in [0, 0.05) is 22.3 Å². The molecule has 0 saturated carbocycles. The average Bonchev–Trinajstić information content (AvgIpc) is 3.13. The van der Waals surface area contributed by atoms with Crippen LogP contribution in [0, 0.1) is 0 Å². The highest BCUT2D eigenvalue weighted by Gasteiger charge is 2.29. The second kappa shape index (κ2) is 6.64. The Bertz CT molecular complexity index is 763. The van der Waals surface area contributed by atoms with Gasteiger partial charge in [-0.15, -0.1) is 11.3 Å². The van der Waals surface area contributed by atoms with E-state index in [1.54, 1.807) is 29.4 Å². The van der Waals surface area contributed by atoms with Crippen LogP contribution in [0.4, 0.5) is 0 Å². The second-order valence-electron chi connectivity index (χ2n) is 6.93. The fraction of sp³-hybridized carbons (Fsp3) is 0.611. The number of rotatable bonds is 3. The van der Waals surface area contributed by atoms with E-state index in [9.17, 15) is 4.79 Å². The number of carbonyl (C=O) groups excluding carboxylic acids is 1. The number of aryl methyl sites for hydroxylation is 2. The van der Waals surface area contributed by atoms with Crippen molar-refractivity contribution in [2.45, 2.75) is 69.5 Å². The maximum Gasteiger partial charge on any atom is 0.233 e. The molecule has 4 rings (SSSR count). The summed E-state index contributed by atoms with van der Waals surface area (Å²) in [5.41, 5.74) is 1.44. The van der Waals surface area contributed by atoms with Gasteiger partial charge >= 0.3 is 0 Å². The number of amides is 1. The molecule has 2 aromatic rings. The largest absolute Gasteiger partial charge is 0.337 e. The van der Waals surface area contributed by atoms with Gasteiger partial charge in [-0.2, -0.15) is 0 Å². The molecule has 1 fully saturated rings. The van der Waals surface area contributed by atoms with Crippen LogP contribution in [0.2, 0.25) is 0 Å². The summed E-state index contributed by atoms with van der Waals surface area (Å²) in [4.78, 5) is 26.4. The number of carbonyl (C=O) groups is 1. The quantitative estimate of drug-likeness (QED) is 0.611. The first-order valence-corrected chi connectivity index (χ1v) is 10.6. The van der Waals surface area contributed by atoms with Crippen molar-refractivity contribution < 1.29 is 4.79 Å². The molecule has 0 N–H and O–H groups in total. The highest BCUT2D eigenvalue weighted by molar-refractivity contribution is 8.00. The molecule has 4 nitrogen and oxygen atoms in total. The van der Waals surface area contributed by atoms with Gasteiger partial charge in [0.2, 0.25) is 5.91 Å². The van der Waals surface area contributed by atoms with Crippen LogP contribution >= 0.6 is 23.1 Å². The molecule has 2 aliphatic rings. The summed E-state index contributed by atoms with van der Waals surface area (Å²) < 4.78 is 0. The molecule has 128 valence electrons. The van der Waals surface area contributed by atoms with E-state index < -0.39 is 0 Å². The van der Waals surface area contributed by atoms with E-state index in [0.717, 1.165) is 29.1 Å². The van der Waals surface area contributed by atoms with Gasteiger partial charge in [0.05, 0.1) is 5.75 Å². The number of hydrogen-bond acceptors (Lipinski definition) is 5. The van der Waals surface area contributed by atoms with Crippen molar-refractivity contribution in [3.8, 4) is 0 Å². The second-order valence-corrected chi connectivity index (χ2v) is 8.98. The van der Waals surface area contributed by atoms with Crippen molar-refractivity contribution in [3.05, 3.63) is 16.8 Å². The predicted molar refractivity (Wildman–Crippen MR) is 99.8 cm³/mol. The van der Waals surface area contributed by atoms with Crippen molar-refractivity contribution in [1.82, 2.24) is 14.9 Å². The Morgan fingerprint density at radius 2 is 2.04 bits per heavy atom. The minimum absolute atomic E-state index is 0.248.